The summed E-state index contributed by atoms with van der Waals surface area (Å²) >= 11 is 3.44. The smallest absolute Gasteiger partial charge is 0.264 e. The van der Waals surface area contributed by atoms with Crippen LogP contribution in [0.5, 0.6) is 5.75 Å². The van der Waals surface area contributed by atoms with Crippen molar-refractivity contribution in [2.75, 3.05) is 24.0 Å². The Morgan fingerprint density at radius 2 is 1.67 bits per heavy atom. The molecule has 8 nitrogen and oxygen atoms in total. The molecule has 2 amide bonds. The summed E-state index contributed by atoms with van der Waals surface area (Å²) in [6, 6.07) is 19.6. The Morgan fingerprint density at radius 3 is 2.26 bits per heavy atom. The van der Waals surface area contributed by atoms with Crippen LogP contribution >= 0.6 is 15.9 Å². The summed E-state index contributed by atoms with van der Waals surface area (Å²) in [5, 5.41) is 2.75. The monoisotopic (exact) mass is 615 g/mol. The number of anilines is 1. The minimum absolute atomic E-state index is 0.0228. The molecular weight excluding hydrogens is 582 g/mol. The summed E-state index contributed by atoms with van der Waals surface area (Å²) in [6.07, 6.45) is 0. The third kappa shape index (κ3) is 7.83. The number of carbonyl (C=O) groups is 2. The Bertz CT molecular complexity index is 1380. The first kappa shape index (κ1) is 30.2. The van der Waals surface area contributed by atoms with Gasteiger partial charge in [0, 0.05) is 17.6 Å². The van der Waals surface area contributed by atoms with Crippen molar-refractivity contribution in [2.45, 2.75) is 45.2 Å². The van der Waals surface area contributed by atoms with Gasteiger partial charge >= 0.3 is 0 Å². The molecule has 0 saturated heterocycles. The lowest BCUT2D eigenvalue weighted by molar-refractivity contribution is -0.139. The second-order valence-electron chi connectivity index (χ2n) is 8.97. The number of hydrogen-bond acceptors (Lipinski definition) is 5. The Labute approximate surface area is 239 Å². The molecular formula is C29H34BrN3O5S. The van der Waals surface area contributed by atoms with Crippen molar-refractivity contribution in [3.8, 4) is 5.75 Å². The van der Waals surface area contributed by atoms with Crippen molar-refractivity contribution < 1.29 is 22.7 Å². The van der Waals surface area contributed by atoms with Crippen LogP contribution < -0.4 is 14.4 Å². The van der Waals surface area contributed by atoms with E-state index in [4.69, 9.17) is 4.74 Å². The number of carbonyl (C=O) groups excluding carboxylic acids is 2. The number of nitrogens with zero attached hydrogens (tertiary/aromatic N) is 2. The molecule has 0 fully saturated rings. The van der Waals surface area contributed by atoms with E-state index in [0.29, 0.717) is 24.6 Å². The fourth-order valence-corrected chi connectivity index (χ4v) is 5.84. The number of sulfonamides is 1. The Balaban J connectivity index is 2.01. The number of hydrogen-bond donors (Lipinski definition) is 1. The Morgan fingerprint density at radius 1 is 1.00 bits per heavy atom. The zero-order valence-electron chi connectivity index (χ0n) is 22.6. The molecule has 0 saturated carbocycles. The molecule has 0 unspecified atom stereocenters. The third-order valence-corrected chi connectivity index (χ3v) is 8.37. The van der Waals surface area contributed by atoms with E-state index < -0.39 is 28.5 Å². The highest BCUT2D eigenvalue weighted by Crippen LogP contribution is 2.26. The average Bonchev–Trinajstić information content (AvgIpc) is 2.91. The number of halogens is 1. The molecule has 3 aromatic carbocycles. The van der Waals surface area contributed by atoms with E-state index in [1.54, 1.807) is 50.2 Å². The molecule has 39 heavy (non-hydrogen) atoms. The highest BCUT2D eigenvalue weighted by molar-refractivity contribution is 9.10. The topological polar surface area (TPSA) is 96.0 Å². The highest BCUT2D eigenvalue weighted by Gasteiger charge is 2.32. The normalized spacial score (nSPS) is 11.9. The number of nitrogens with one attached hydrogen (secondary N) is 1. The first-order valence-electron chi connectivity index (χ1n) is 12.7. The van der Waals surface area contributed by atoms with Crippen LogP contribution in [0.15, 0.2) is 82.2 Å². The standard InChI is InChI=1S/C29H34BrN3O5S/c1-5-31-29(35)22(4)32(19-23-8-7-9-24(30)18-23)28(34)20-33(25-12-10-21(3)11-13-25)39(36,37)27-16-14-26(15-17-27)38-6-2/h7-18,22H,5-6,19-20H2,1-4H3,(H,31,35)/t22-/m0/s1. The predicted molar refractivity (Wildman–Crippen MR) is 156 cm³/mol. The molecule has 0 aliphatic heterocycles. The molecule has 0 aliphatic rings. The molecule has 3 rings (SSSR count). The molecule has 0 heterocycles. The van der Waals surface area contributed by atoms with Gasteiger partial charge in [0.15, 0.2) is 0 Å². The van der Waals surface area contributed by atoms with E-state index >= 15 is 0 Å². The van der Waals surface area contributed by atoms with Gasteiger partial charge in [-0.1, -0.05) is 45.8 Å². The Kier molecular flexibility index (Phi) is 10.5. The maximum atomic E-state index is 13.9. The van der Waals surface area contributed by atoms with Gasteiger partial charge in [0.1, 0.15) is 18.3 Å². The van der Waals surface area contributed by atoms with Gasteiger partial charge in [0.05, 0.1) is 17.2 Å². The van der Waals surface area contributed by atoms with Crippen LogP contribution in [-0.4, -0.2) is 50.9 Å². The zero-order chi connectivity index (χ0) is 28.6. The summed E-state index contributed by atoms with van der Waals surface area (Å²) in [4.78, 5) is 28.1. The van der Waals surface area contributed by atoms with Crippen molar-refractivity contribution in [2.24, 2.45) is 0 Å². The quantitative estimate of drug-likeness (QED) is 0.312. The number of rotatable bonds is 12. The van der Waals surface area contributed by atoms with Gasteiger partial charge in [0.25, 0.3) is 10.0 Å². The van der Waals surface area contributed by atoms with Crippen LogP contribution in [0.1, 0.15) is 31.9 Å². The van der Waals surface area contributed by atoms with E-state index in [-0.39, 0.29) is 17.3 Å². The molecule has 0 aliphatic carbocycles. The lowest BCUT2D eigenvalue weighted by Crippen LogP contribution is -2.51. The van der Waals surface area contributed by atoms with E-state index in [2.05, 4.69) is 21.2 Å². The molecule has 0 radical (unpaired) electrons. The summed E-state index contributed by atoms with van der Waals surface area (Å²) in [5.41, 5.74) is 2.09. The number of amides is 2. The summed E-state index contributed by atoms with van der Waals surface area (Å²) < 4.78 is 35.1. The van der Waals surface area contributed by atoms with Crippen molar-refractivity contribution in [3.05, 3.63) is 88.4 Å². The van der Waals surface area contributed by atoms with Gasteiger partial charge in [-0.05, 0) is 81.8 Å². The lowest BCUT2D eigenvalue weighted by atomic mass is 10.1. The molecule has 1 N–H and O–H groups in total. The van der Waals surface area contributed by atoms with Crippen LogP contribution in [0, 0.1) is 6.92 Å². The van der Waals surface area contributed by atoms with Crippen LogP contribution in [0.4, 0.5) is 5.69 Å². The second-order valence-corrected chi connectivity index (χ2v) is 11.8. The van der Waals surface area contributed by atoms with Crippen LogP contribution in [0.3, 0.4) is 0 Å². The number of aryl methyl sites for hydroxylation is 1. The summed E-state index contributed by atoms with van der Waals surface area (Å²) in [7, 11) is -4.14. The molecule has 0 bridgehead atoms. The summed E-state index contributed by atoms with van der Waals surface area (Å²) in [6.45, 7) is 7.67. The highest BCUT2D eigenvalue weighted by atomic mass is 79.9. The maximum Gasteiger partial charge on any atom is 0.264 e. The molecule has 208 valence electrons. The number of likely N-dealkylation sites (N-methyl/N-ethyl adjacent to an activating group) is 1. The maximum absolute atomic E-state index is 13.9. The minimum atomic E-state index is -4.14. The largest absolute Gasteiger partial charge is 0.494 e. The van der Waals surface area contributed by atoms with Gasteiger partial charge in [-0.15, -0.1) is 0 Å². The van der Waals surface area contributed by atoms with Crippen molar-refractivity contribution >= 4 is 43.5 Å². The van der Waals surface area contributed by atoms with Crippen LogP contribution in [0.25, 0.3) is 0 Å². The summed E-state index contributed by atoms with van der Waals surface area (Å²) in [5.74, 6) is -0.286. The predicted octanol–water partition coefficient (Wildman–Crippen LogP) is 4.90. The first-order chi connectivity index (χ1) is 18.6. The van der Waals surface area contributed by atoms with Crippen molar-refractivity contribution in [1.82, 2.24) is 10.2 Å². The average molecular weight is 617 g/mol. The Hall–Kier alpha value is -3.37. The van der Waals surface area contributed by atoms with Crippen molar-refractivity contribution in [3.63, 3.8) is 0 Å². The van der Waals surface area contributed by atoms with E-state index in [1.807, 2.05) is 38.1 Å². The molecule has 3 aromatic rings. The van der Waals surface area contributed by atoms with Gasteiger partial charge < -0.3 is 15.0 Å². The number of ether oxygens (including phenoxy) is 1. The number of benzene rings is 3. The van der Waals surface area contributed by atoms with Crippen LogP contribution in [0.2, 0.25) is 0 Å². The van der Waals surface area contributed by atoms with Crippen molar-refractivity contribution in [1.29, 1.82) is 0 Å². The third-order valence-electron chi connectivity index (χ3n) is 6.08. The van der Waals surface area contributed by atoms with Gasteiger partial charge in [0.2, 0.25) is 11.8 Å². The SMILES string of the molecule is CCNC(=O)[C@H](C)N(Cc1cccc(Br)c1)C(=O)CN(c1ccc(C)cc1)S(=O)(=O)c1ccc(OCC)cc1. The molecule has 10 heteroatoms. The van der Waals surface area contributed by atoms with Gasteiger partial charge in [-0.25, -0.2) is 8.42 Å². The zero-order valence-corrected chi connectivity index (χ0v) is 25.0. The second kappa shape index (κ2) is 13.6. The minimum Gasteiger partial charge on any atom is -0.494 e. The van der Waals surface area contributed by atoms with E-state index in [1.165, 1.54) is 17.0 Å². The molecule has 0 spiro atoms. The fraction of sp³-hybridized carbons (Fsp3) is 0.310. The van der Waals surface area contributed by atoms with E-state index in [9.17, 15) is 18.0 Å². The molecule has 0 aromatic heterocycles. The van der Waals surface area contributed by atoms with Crippen LogP contribution in [-0.2, 0) is 26.2 Å². The van der Waals surface area contributed by atoms with Gasteiger partial charge in [-0.2, -0.15) is 0 Å². The fourth-order valence-electron chi connectivity index (χ4n) is 3.98. The van der Waals surface area contributed by atoms with Gasteiger partial charge in [-0.3, -0.25) is 13.9 Å². The van der Waals surface area contributed by atoms with E-state index in [0.717, 1.165) is 19.9 Å². The molecule has 1 atom stereocenters. The lowest BCUT2D eigenvalue weighted by Gasteiger charge is -2.32. The first-order valence-corrected chi connectivity index (χ1v) is 14.9.